The molecule has 0 spiro atoms. The third kappa shape index (κ3) is 5.04. The van der Waals surface area contributed by atoms with Crippen LogP contribution in [0, 0.1) is 0 Å². The summed E-state index contributed by atoms with van der Waals surface area (Å²) < 4.78 is 19.1. The van der Waals surface area contributed by atoms with E-state index in [1.54, 1.807) is 0 Å². The van der Waals surface area contributed by atoms with E-state index in [-0.39, 0.29) is 0 Å². The molecular formula is C49H27N5O3. The van der Waals surface area contributed by atoms with Crippen molar-refractivity contribution >= 4 is 65.9 Å². The Kier molecular flexibility index (Phi) is 6.76. The number of hydrogen-bond donors (Lipinski definition) is 0. The van der Waals surface area contributed by atoms with Crippen molar-refractivity contribution in [2.75, 3.05) is 0 Å². The molecule has 0 unspecified atom stereocenters. The van der Waals surface area contributed by atoms with E-state index in [4.69, 9.17) is 38.2 Å². The van der Waals surface area contributed by atoms with Crippen molar-refractivity contribution in [1.29, 1.82) is 0 Å². The normalized spacial score (nSPS) is 11.9. The zero-order valence-electron chi connectivity index (χ0n) is 30.0. The molecule has 0 fully saturated rings. The highest BCUT2D eigenvalue weighted by Crippen LogP contribution is 2.41. The van der Waals surface area contributed by atoms with Crippen LogP contribution >= 0.6 is 0 Å². The van der Waals surface area contributed by atoms with E-state index in [1.807, 2.05) is 146 Å². The molecule has 0 saturated carbocycles. The molecule has 0 bridgehead atoms. The van der Waals surface area contributed by atoms with Crippen molar-refractivity contribution in [3.63, 3.8) is 0 Å². The number of hydrogen-bond acceptors (Lipinski definition) is 8. The average Bonchev–Trinajstić information content (AvgIpc) is 3.97. The Labute approximate surface area is 323 Å². The summed E-state index contributed by atoms with van der Waals surface area (Å²) in [7, 11) is 0. The summed E-state index contributed by atoms with van der Waals surface area (Å²) in [6.07, 6.45) is 0. The average molecular weight is 734 g/mol. The molecule has 0 aliphatic heterocycles. The van der Waals surface area contributed by atoms with Gasteiger partial charge in [0.05, 0.1) is 0 Å². The number of aromatic nitrogens is 5. The number of benzene rings is 7. The van der Waals surface area contributed by atoms with E-state index >= 15 is 0 Å². The molecule has 8 nitrogen and oxygen atoms in total. The molecule has 5 heterocycles. The summed E-state index contributed by atoms with van der Waals surface area (Å²) in [5.41, 5.74) is 10.3. The molecule has 266 valence electrons. The topological polar surface area (TPSA) is 104 Å². The van der Waals surface area contributed by atoms with Gasteiger partial charge in [-0.3, -0.25) is 0 Å². The predicted octanol–water partition coefficient (Wildman–Crippen LogP) is 12.7. The number of para-hydroxylation sites is 2. The van der Waals surface area contributed by atoms with Crippen molar-refractivity contribution in [3.05, 3.63) is 164 Å². The first kappa shape index (κ1) is 31.4. The van der Waals surface area contributed by atoms with Crippen molar-refractivity contribution in [1.82, 2.24) is 24.9 Å². The lowest BCUT2D eigenvalue weighted by atomic mass is 10.0. The summed E-state index contributed by atoms with van der Waals surface area (Å²) in [5, 5.41) is 4.77. The van der Waals surface area contributed by atoms with Crippen LogP contribution in [0.1, 0.15) is 0 Å². The number of fused-ring (bicyclic) bond motifs is 9. The Bertz CT molecular complexity index is 3480. The second kappa shape index (κ2) is 12.3. The molecule has 7 aromatic carbocycles. The lowest BCUT2D eigenvalue weighted by molar-refractivity contribution is 0.666. The van der Waals surface area contributed by atoms with Gasteiger partial charge < -0.3 is 13.3 Å². The molecule has 12 rings (SSSR count). The minimum absolute atomic E-state index is 0.549. The quantitative estimate of drug-likeness (QED) is 0.172. The van der Waals surface area contributed by atoms with Gasteiger partial charge in [-0.15, -0.1) is 0 Å². The van der Waals surface area contributed by atoms with Crippen LogP contribution in [-0.2, 0) is 0 Å². The third-order valence-corrected chi connectivity index (χ3v) is 10.6. The highest BCUT2D eigenvalue weighted by molar-refractivity contribution is 6.13. The SMILES string of the molecule is c1ccc(-c2nc(-c3ccccc3)nc(-c3cccc4oc5ccc(-c6nc(-c7ccc8oc9ccccc9c8c7)c7oc8ccccc8c7n6)cc5c34)n2)cc1. The molecule has 0 amide bonds. The van der Waals surface area contributed by atoms with Crippen molar-refractivity contribution < 1.29 is 13.3 Å². The number of rotatable bonds is 5. The van der Waals surface area contributed by atoms with Gasteiger partial charge in [0.15, 0.2) is 28.9 Å². The van der Waals surface area contributed by atoms with E-state index in [1.165, 1.54) is 0 Å². The number of furan rings is 3. The standard InChI is InChI=1S/C49H27N5O3/c1-3-12-28(13-4-1)46-52-47(29-14-5-2-6-15-29)54-49(53-46)34-18-11-21-41-42(34)36-27-31(23-25-40(36)56-41)48-50-43(45-44(51-48)33-17-8-10-20-38(33)57-45)30-22-24-39-35(26-30)32-16-7-9-19-37(32)55-39/h1-27H. The third-order valence-electron chi connectivity index (χ3n) is 10.6. The van der Waals surface area contributed by atoms with Crippen LogP contribution in [0.2, 0.25) is 0 Å². The molecule has 0 atom stereocenters. The van der Waals surface area contributed by atoms with Gasteiger partial charge in [0.25, 0.3) is 0 Å². The van der Waals surface area contributed by atoms with Gasteiger partial charge in [0.2, 0.25) is 0 Å². The molecular weight excluding hydrogens is 707 g/mol. The van der Waals surface area contributed by atoms with Crippen LogP contribution in [0.25, 0.3) is 123 Å². The zero-order chi connectivity index (χ0) is 37.5. The lowest BCUT2D eigenvalue weighted by Crippen LogP contribution is -2.00. The summed E-state index contributed by atoms with van der Waals surface area (Å²) in [6, 6.07) is 54.3. The van der Waals surface area contributed by atoms with E-state index in [0.717, 1.165) is 88.2 Å². The molecule has 5 aromatic heterocycles. The summed E-state index contributed by atoms with van der Waals surface area (Å²) in [4.78, 5) is 25.4. The fraction of sp³-hybridized carbons (Fsp3) is 0. The van der Waals surface area contributed by atoms with Crippen LogP contribution in [0.15, 0.2) is 177 Å². The summed E-state index contributed by atoms with van der Waals surface area (Å²) >= 11 is 0. The van der Waals surface area contributed by atoms with Gasteiger partial charge in [-0.1, -0.05) is 103 Å². The van der Waals surface area contributed by atoms with E-state index in [9.17, 15) is 0 Å². The largest absolute Gasteiger partial charge is 0.456 e. The Morgan fingerprint density at radius 3 is 1.61 bits per heavy atom. The minimum atomic E-state index is 0.549. The minimum Gasteiger partial charge on any atom is -0.456 e. The summed E-state index contributed by atoms with van der Waals surface area (Å²) in [6.45, 7) is 0. The van der Waals surface area contributed by atoms with Gasteiger partial charge >= 0.3 is 0 Å². The maximum absolute atomic E-state index is 6.49. The van der Waals surface area contributed by atoms with Crippen LogP contribution in [0.3, 0.4) is 0 Å². The maximum Gasteiger partial charge on any atom is 0.180 e. The first-order valence-corrected chi connectivity index (χ1v) is 18.7. The predicted molar refractivity (Wildman–Crippen MR) is 224 cm³/mol. The smallest absolute Gasteiger partial charge is 0.180 e. The van der Waals surface area contributed by atoms with Crippen molar-refractivity contribution in [3.8, 4) is 56.8 Å². The molecule has 57 heavy (non-hydrogen) atoms. The fourth-order valence-corrected chi connectivity index (χ4v) is 7.87. The van der Waals surface area contributed by atoms with Gasteiger partial charge in [-0.2, -0.15) is 0 Å². The highest BCUT2D eigenvalue weighted by Gasteiger charge is 2.22. The summed E-state index contributed by atoms with van der Waals surface area (Å²) in [5.74, 6) is 2.29. The Hall–Kier alpha value is -7.97. The second-order valence-corrected chi connectivity index (χ2v) is 14.0. The molecule has 0 aliphatic rings. The van der Waals surface area contributed by atoms with Crippen LogP contribution in [-0.4, -0.2) is 24.9 Å². The van der Waals surface area contributed by atoms with Crippen LogP contribution in [0.5, 0.6) is 0 Å². The zero-order valence-corrected chi connectivity index (χ0v) is 30.0. The van der Waals surface area contributed by atoms with E-state index < -0.39 is 0 Å². The highest BCUT2D eigenvalue weighted by atomic mass is 16.3. The van der Waals surface area contributed by atoms with Gasteiger partial charge in [0, 0.05) is 54.7 Å². The second-order valence-electron chi connectivity index (χ2n) is 14.0. The molecule has 8 heteroatoms. The first-order valence-electron chi connectivity index (χ1n) is 18.7. The Morgan fingerprint density at radius 2 is 0.860 bits per heavy atom. The van der Waals surface area contributed by atoms with Crippen molar-refractivity contribution in [2.45, 2.75) is 0 Å². The van der Waals surface area contributed by atoms with Gasteiger partial charge in [-0.25, -0.2) is 24.9 Å². The maximum atomic E-state index is 6.49. The Morgan fingerprint density at radius 1 is 0.316 bits per heavy atom. The lowest BCUT2D eigenvalue weighted by Gasteiger charge is -2.09. The van der Waals surface area contributed by atoms with Gasteiger partial charge in [-0.05, 0) is 60.7 Å². The van der Waals surface area contributed by atoms with Gasteiger partial charge in [0.1, 0.15) is 39.1 Å². The van der Waals surface area contributed by atoms with Crippen molar-refractivity contribution in [2.24, 2.45) is 0 Å². The Balaban J connectivity index is 1.07. The van der Waals surface area contributed by atoms with Crippen LogP contribution < -0.4 is 0 Å². The first-order chi connectivity index (χ1) is 28.2. The molecule has 0 saturated heterocycles. The number of nitrogens with zero attached hydrogens (tertiary/aromatic N) is 5. The van der Waals surface area contributed by atoms with E-state index in [2.05, 4.69) is 18.2 Å². The molecule has 12 aromatic rings. The monoisotopic (exact) mass is 733 g/mol. The molecule has 0 N–H and O–H groups in total. The van der Waals surface area contributed by atoms with E-state index in [0.29, 0.717) is 34.6 Å². The fourth-order valence-electron chi connectivity index (χ4n) is 7.87. The van der Waals surface area contributed by atoms with Crippen LogP contribution in [0.4, 0.5) is 0 Å². The molecule has 0 radical (unpaired) electrons. The molecule has 0 aliphatic carbocycles.